The quantitative estimate of drug-likeness (QED) is 0.791. The second-order valence-electron chi connectivity index (χ2n) is 5.75. The normalized spacial score (nSPS) is 10.9. The van der Waals surface area contributed by atoms with Crippen molar-refractivity contribution < 1.29 is 9.90 Å². The molecule has 25 heavy (non-hydrogen) atoms. The lowest BCUT2D eigenvalue weighted by molar-refractivity contribution is 0.0939. The van der Waals surface area contributed by atoms with E-state index >= 15 is 0 Å². The molecule has 0 bridgehead atoms. The fraction of sp³-hybridized carbons (Fsp3) is 0.389. The molecule has 2 aromatic rings. The van der Waals surface area contributed by atoms with Crippen molar-refractivity contribution in [2.45, 2.75) is 20.8 Å². The maximum absolute atomic E-state index is 12.3. The zero-order valence-corrected chi connectivity index (χ0v) is 14.8. The number of carbonyl (C=O) groups is 1. The minimum atomic E-state index is -0.508. The molecular weight excluding hydrogens is 320 g/mol. The van der Waals surface area contributed by atoms with Gasteiger partial charge in [0.1, 0.15) is 0 Å². The first kappa shape index (κ1) is 18.7. The molecule has 0 atom stereocenters. The number of nitrogens with zero attached hydrogens (tertiary/aromatic N) is 3. The van der Waals surface area contributed by atoms with Crippen molar-refractivity contribution in [3.05, 3.63) is 51.9 Å². The minimum absolute atomic E-state index is 0.166. The average Bonchev–Trinajstić information content (AvgIpc) is 2.58. The van der Waals surface area contributed by atoms with Crippen LogP contribution in [0.2, 0.25) is 0 Å². The molecule has 0 aliphatic rings. The van der Waals surface area contributed by atoms with Gasteiger partial charge in [-0.3, -0.25) is 9.59 Å². The fourth-order valence-corrected chi connectivity index (χ4v) is 2.50. The molecule has 1 heterocycles. The zero-order chi connectivity index (χ0) is 18.4. The molecule has 1 aromatic carbocycles. The summed E-state index contributed by atoms with van der Waals surface area (Å²) in [6, 6.07) is 8.22. The number of aryl methyl sites for hydroxylation is 1. The Morgan fingerprint density at radius 2 is 2.00 bits per heavy atom. The first-order chi connectivity index (χ1) is 12.0. The molecule has 0 saturated carbocycles. The predicted octanol–water partition coefficient (Wildman–Crippen LogP) is 1.32. The van der Waals surface area contributed by atoms with Crippen LogP contribution in [-0.2, 0) is 0 Å². The number of carbonyl (C=O) groups excluding carboxylic acids is 1. The van der Waals surface area contributed by atoms with Crippen molar-refractivity contribution in [3.63, 3.8) is 0 Å². The van der Waals surface area contributed by atoms with Crippen LogP contribution in [0.5, 0.6) is 5.75 Å². The number of hydrogen-bond acceptors (Lipinski definition) is 5. The molecular formula is C18H24N4O3. The van der Waals surface area contributed by atoms with Crippen molar-refractivity contribution in [2.75, 3.05) is 26.2 Å². The van der Waals surface area contributed by atoms with Crippen LogP contribution in [0, 0.1) is 6.92 Å². The summed E-state index contributed by atoms with van der Waals surface area (Å²) in [5, 5.41) is 16.7. The number of aromatic nitrogens is 2. The van der Waals surface area contributed by atoms with Gasteiger partial charge in [-0.1, -0.05) is 26.0 Å². The van der Waals surface area contributed by atoms with Crippen LogP contribution >= 0.6 is 0 Å². The van der Waals surface area contributed by atoms with E-state index in [4.69, 9.17) is 0 Å². The van der Waals surface area contributed by atoms with E-state index < -0.39 is 17.2 Å². The number of likely N-dealkylation sites (N-methyl/N-ethyl adjacent to an activating group) is 1. The summed E-state index contributed by atoms with van der Waals surface area (Å²) < 4.78 is 1.12. The van der Waals surface area contributed by atoms with E-state index in [2.05, 4.69) is 29.2 Å². The lowest BCUT2D eigenvalue weighted by atomic mass is 10.2. The molecule has 1 amide bonds. The number of amides is 1. The number of hydrogen-bond donors (Lipinski definition) is 2. The van der Waals surface area contributed by atoms with Gasteiger partial charge in [0.15, 0.2) is 11.4 Å². The Morgan fingerprint density at radius 1 is 1.28 bits per heavy atom. The van der Waals surface area contributed by atoms with Gasteiger partial charge in [0.2, 0.25) is 0 Å². The van der Waals surface area contributed by atoms with Gasteiger partial charge in [0.05, 0.1) is 5.69 Å². The van der Waals surface area contributed by atoms with E-state index in [1.54, 1.807) is 18.2 Å². The van der Waals surface area contributed by atoms with E-state index in [0.717, 1.165) is 29.4 Å². The SMILES string of the molecule is CCN(CC)CCNC(=O)c1nn(-c2cccc(C)c2)c(=O)cc1O. The maximum atomic E-state index is 12.3. The smallest absolute Gasteiger partial charge is 0.275 e. The highest BCUT2D eigenvalue weighted by Crippen LogP contribution is 2.13. The number of rotatable bonds is 7. The molecule has 1 aromatic heterocycles. The molecule has 0 saturated heterocycles. The fourth-order valence-electron chi connectivity index (χ4n) is 2.50. The third kappa shape index (κ3) is 4.67. The van der Waals surface area contributed by atoms with Crippen molar-refractivity contribution in [2.24, 2.45) is 0 Å². The van der Waals surface area contributed by atoms with E-state index in [1.807, 2.05) is 13.0 Å². The summed E-state index contributed by atoms with van der Waals surface area (Å²) >= 11 is 0. The van der Waals surface area contributed by atoms with Gasteiger partial charge in [-0.15, -0.1) is 0 Å². The largest absolute Gasteiger partial charge is 0.505 e. The van der Waals surface area contributed by atoms with Gasteiger partial charge < -0.3 is 15.3 Å². The molecule has 2 N–H and O–H groups in total. The Bertz CT molecular complexity index is 797. The predicted molar refractivity (Wildman–Crippen MR) is 96.4 cm³/mol. The lowest BCUT2D eigenvalue weighted by Gasteiger charge is -2.18. The second kappa shape index (κ2) is 8.43. The van der Waals surface area contributed by atoms with Crippen LogP contribution in [0.15, 0.2) is 35.1 Å². The number of nitrogens with one attached hydrogen (secondary N) is 1. The summed E-state index contributed by atoms with van der Waals surface area (Å²) in [7, 11) is 0. The zero-order valence-electron chi connectivity index (χ0n) is 14.8. The van der Waals surface area contributed by atoms with E-state index in [1.165, 1.54) is 0 Å². The highest BCUT2D eigenvalue weighted by molar-refractivity contribution is 5.94. The van der Waals surface area contributed by atoms with Gasteiger partial charge in [-0.2, -0.15) is 9.78 Å². The van der Waals surface area contributed by atoms with Crippen LogP contribution in [0.25, 0.3) is 5.69 Å². The summed E-state index contributed by atoms with van der Waals surface area (Å²) in [5.41, 5.74) is 0.843. The molecule has 7 heteroatoms. The molecule has 0 radical (unpaired) electrons. The first-order valence-electron chi connectivity index (χ1n) is 8.37. The Hall–Kier alpha value is -2.67. The molecule has 0 spiro atoms. The van der Waals surface area contributed by atoms with Crippen LogP contribution in [0.4, 0.5) is 0 Å². The van der Waals surface area contributed by atoms with E-state index in [0.29, 0.717) is 18.8 Å². The van der Waals surface area contributed by atoms with Crippen LogP contribution in [0.1, 0.15) is 29.9 Å². The molecule has 0 unspecified atom stereocenters. The topological polar surface area (TPSA) is 87.5 Å². The molecule has 7 nitrogen and oxygen atoms in total. The lowest BCUT2D eigenvalue weighted by Crippen LogP contribution is -2.36. The van der Waals surface area contributed by atoms with Crippen LogP contribution in [0.3, 0.4) is 0 Å². The highest BCUT2D eigenvalue weighted by Gasteiger charge is 2.16. The van der Waals surface area contributed by atoms with Crippen molar-refractivity contribution >= 4 is 5.91 Å². The highest BCUT2D eigenvalue weighted by atomic mass is 16.3. The third-order valence-corrected chi connectivity index (χ3v) is 3.98. The van der Waals surface area contributed by atoms with Crippen LogP contribution in [-0.4, -0.2) is 51.9 Å². The summed E-state index contributed by atoms with van der Waals surface area (Å²) in [6.07, 6.45) is 0. The maximum Gasteiger partial charge on any atom is 0.275 e. The van der Waals surface area contributed by atoms with Gasteiger partial charge in [0, 0.05) is 19.2 Å². The first-order valence-corrected chi connectivity index (χ1v) is 8.37. The molecule has 0 aliphatic heterocycles. The second-order valence-corrected chi connectivity index (χ2v) is 5.75. The minimum Gasteiger partial charge on any atom is -0.505 e. The van der Waals surface area contributed by atoms with E-state index in [-0.39, 0.29) is 5.69 Å². The molecule has 2 rings (SSSR count). The van der Waals surface area contributed by atoms with Crippen molar-refractivity contribution in [1.29, 1.82) is 0 Å². The van der Waals surface area contributed by atoms with Gasteiger partial charge in [-0.05, 0) is 37.7 Å². The van der Waals surface area contributed by atoms with Crippen molar-refractivity contribution in [3.8, 4) is 11.4 Å². The number of aromatic hydroxyl groups is 1. The summed E-state index contributed by atoms with van der Waals surface area (Å²) in [5.74, 6) is -0.930. The van der Waals surface area contributed by atoms with Gasteiger partial charge in [-0.25, -0.2) is 0 Å². The Kier molecular flexibility index (Phi) is 6.30. The monoisotopic (exact) mass is 344 g/mol. The standard InChI is InChI=1S/C18H24N4O3/c1-4-21(5-2)10-9-19-18(25)17-15(23)12-16(24)22(20-17)14-8-6-7-13(3)11-14/h6-8,11-12,23H,4-5,9-10H2,1-3H3,(H,19,25). The van der Waals surface area contributed by atoms with Gasteiger partial charge >= 0.3 is 0 Å². The Morgan fingerprint density at radius 3 is 2.64 bits per heavy atom. The molecule has 0 fully saturated rings. The average molecular weight is 344 g/mol. The number of benzene rings is 1. The van der Waals surface area contributed by atoms with E-state index in [9.17, 15) is 14.7 Å². The van der Waals surface area contributed by atoms with Crippen LogP contribution < -0.4 is 10.9 Å². The molecule has 0 aliphatic carbocycles. The third-order valence-electron chi connectivity index (χ3n) is 3.98. The summed E-state index contributed by atoms with van der Waals surface area (Å²) in [4.78, 5) is 26.6. The van der Waals surface area contributed by atoms with Crippen molar-refractivity contribution in [1.82, 2.24) is 20.0 Å². The Labute approximate surface area is 146 Å². The summed E-state index contributed by atoms with van der Waals surface area (Å²) in [6.45, 7) is 8.94. The van der Waals surface area contributed by atoms with Gasteiger partial charge in [0.25, 0.3) is 11.5 Å². The Balaban J connectivity index is 2.22. The molecule has 134 valence electrons.